The molecule has 9 atom stereocenters. The topological polar surface area (TPSA) is 136 Å². The molecule has 0 radical (unpaired) electrons. The Kier molecular flexibility index (Phi) is 7.16. The van der Waals surface area contributed by atoms with Gasteiger partial charge in [-0.15, -0.1) is 0 Å². The maximum absolute atomic E-state index is 13.2. The molecule has 0 amide bonds. The SMILES string of the molecule is CC1=CCC[C@H]2[C@](C)(CC3=CC(=O)C(N[C@@H]4[C@@H](O)[C@H](O)[C@@H](CO)O[C@H]4O)=CC3=O)[C@@H](C)CC[C@]12C. The summed E-state index contributed by atoms with van der Waals surface area (Å²) in [6.45, 7) is 8.49. The van der Waals surface area contributed by atoms with Crippen LogP contribution in [0.15, 0.2) is 35.1 Å². The lowest BCUT2D eigenvalue weighted by molar-refractivity contribution is -0.253. The Bertz CT molecular complexity index is 971. The fourth-order valence-electron chi connectivity index (χ4n) is 6.90. The second-order valence-electron chi connectivity index (χ2n) is 11.4. The van der Waals surface area contributed by atoms with E-state index in [2.05, 4.69) is 39.1 Å². The predicted molar refractivity (Wildman–Crippen MR) is 129 cm³/mol. The smallest absolute Gasteiger partial charge is 0.202 e. The van der Waals surface area contributed by atoms with Gasteiger partial charge in [0.2, 0.25) is 5.78 Å². The van der Waals surface area contributed by atoms with Crippen molar-refractivity contribution in [2.75, 3.05) is 6.61 Å². The molecular weight excluding hydrogens is 450 g/mol. The summed E-state index contributed by atoms with van der Waals surface area (Å²) in [5, 5.41) is 42.6. The van der Waals surface area contributed by atoms with E-state index in [1.165, 1.54) is 17.7 Å². The van der Waals surface area contributed by atoms with Crippen molar-refractivity contribution < 1.29 is 34.8 Å². The number of nitrogens with one attached hydrogen (secondary N) is 1. The quantitative estimate of drug-likeness (QED) is 0.290. The number of carbonyl (C=O) groups excluding carboxylic acids is 2. The molecule has 5 N–H and O–H groups in total. The van der Waals surface area contributed by atoms with Crippen molar-refractivity contribution in [1.82, 2.24) is 5.32 Å². The molecule has 0 aromatic rings. The Morgan fingerprint density at radius 2 is 1.80 bits per heavy atom. The fraction of sp³-hybridized carbons (Fsp3) is 0.704. The number of allylic oxidation sites excluding steroid dienone is 5. The number of ketones is 2. The number of fused-ring (bicyclic) bond motifs is 1. The summed E-state index contributed by atoms with van der Waals surface area (Å²) in [4.78, 5) is 26.1. The van der Waals surface area contributed by atoms with Crippen molar-refractivity contribution in [3.63, 3.8) is 0 Å². The molecule has 3 aliphatic carbocycles. The zero-order valence-electron chi connectivity index (χ0n) is 21.0. The van der Waals surface area contributed by atoms with Crippen LogP contribution in [0, 0.1) is 22.7 Å². The second kappa shape index (κ2) is 9.56. The van der Waals surface area contributed by atoms with Gasteiger partial charge >= 0.3 is 0 Å². The van der Waals surface area contributed by atoms with Crippen LogP contribution in [-0.2, 0) is 14.3 Å². The van der Waals surface area contributed by atoms with Crippen molar-refractivity contribution in [3.05, 3.63) is 35.1 Å². The lowest BCUT2D eigenvalue weighted by Crippen LogP contribution is -2.63. The largest absolute Gasteiger partial charge is 0.394 e. The van der Waals surface area contributed by atoms with E-state index >= 15 is 0 Å². The third-order valence-electron chi connectivity index (χ3n) is 9.55. The van der Waals surface area contributed by atoms with Crippen molar-refractivity contribution in [1.29, 1.82) is 0 Å². The van der Waals surface area contributed by atoms with Crippen molar-refractivity contribution in [2.24, 2.45) is 22.7 Å². The molecule has 4 aliphatic rings. The summed E-state index contributed by atoms with van der Waals surface area (Å²) in [6, 6.07) is -1.24. The van der Waals surface area contributed by atoms with Crippen LogP contribution in [0.3, 0.4) is 0 Å². The van der Waals surface area contributed by atoms with Crippen LogP contribution >= 0.6 is 0 Å². The van der Waals surface area contributed by atoms with Gasteiger partial charge in [-0.05, 0) is 67.8 Å². The Labute approximate surface area is 206 Å². The zero-order valence-corrected chi connectivity index (χ0v) is 21.0. The van der Waals surface area contributed by atoms with Gasteiger partial charge in [-0.25, -0.2) is 0 Å². The number of aliphatic hydroxyl groups is 4. The lowest BCUT2D eigenvalue weighted by Gasteiger charge is -2.58. The van der Waals surface area contributed by atoms with E-state index < -0.39 is 43.0 Å². The molecule has 194 valence electrons. The van der Waals surface area contributed by atoms with Gasteiger partial charge < -0.3 is 30.5 Å². The summed E-state index contributed by atoms with van der Waals surface area (Å²) in [5.74, 6) is 0.129. The number of aliphatic hydroxyl groups excluding tert-OH is 4. The van der Waals surface area contributed by atoms with Gasteiger partial charge in [0.1, 0.15) is 24.4 Å². The van der Waals surface area contributed by atoms with E-state index in [1.54, 1.807) is 0 Å². The van der Waals surface area contributed by atoms with E-state index in [4.69, 9.17) is 4.74 Å². The first-order valence-corrected chi connectivity index (χ1v) is 12.7. The van der Waals surface area contributed by atoms with E-state index in [9.17, 15) is 30.0 Å². The van der Waals surface area contributed by atoms with E-state index in [0.29, 0.717) is 23.8 Å². The van der Waals surface area contributed by atoms with E-state index in [0.717, 1.165) is 25.7 Å². The Morgan fingerprint density at radius 1 is 1.09 bits per heavy atom. The normalized spacial score (nSPS) is 44.2. The van der Waals surface area contributed by atoms with Crippen LogP contribution < -0.4 is 5.32 Å². The van der Waals surface area contributed by atoms with Crippen molar-refractivity contribution in [2.45, 2.75) is 90.4 Å². The maximum atomic E-state index is 13.2. The van der Waals surface area contributed by atoms with Crippen LogP contribution in [0.4, 0.5) is 0 Å². The summed E-state index contributed by atoms with van der Waals surface area (Å²) in [5.41, 5.74) is 1.81. The summed E-state index contributed by atoms with van der Waals surface area (Å²) < 4.78 is 5.14. The van der Waals surface area contributed by atoms with E-state index in [1.807, 2.05) is 0 Å². The molecule has 0 aromatic carbocycles. The number of hydrogen-bond acceptors (Lipinski definition) is 8. The van der Waals surface area contributed by atoms with Gasteiger partial charge in [0.25, 0.3) is 0 Å². The zero-order chi connectivity index (χ0) is 25.7. The van der Waals surface area contributed by atoms with Gasteiger partial charge in [-0.3, -0.25) is 9.59 Å². The molecule has 8 heteroatoms. The third-order valence-corrected chi connectivity index (χ3v) is 9.55. The van der Waals surface area contributed by atoms with Gasteiger partial charge in [-0.2, -0.15) is 0 Å². The fourth-order valence-corrected chi connectivity index (χ4v) is 6.90. The van der Waals surface area contributed by atoms with Crippen LogP contribution in [0.1, 0.15) is 59.8 Å². The van der Waals surface area contributed by atoms with Crippen LogP contribution in [0.25, 0.3) is 0 Å². The molecule has 2 fully saturated rings. The Balaban J connectivity index is 1.52. The minimum Gasteiger partial charge on any atom is -0.394 e. The third kappa shape index (κ3) is 4.44. The summed E-state index contributed by atoms with van der Waals surface area (Å²) in [7, 11) is 0. The molecule has 0 aromatic heterocycles. The lowest BCUT2D eigenvalue weighted by atomic mass is 9.46. The Morgan fingerprint density at radius 3 is 2.49 bits per heavy atom. The number of hydrogen-bond donors (Lipinski definition) is 5. The molecule has 0 unspecified atom stereocenters. The molecule has 35 heavy (non-hydrogen) atoms. The van der Waals surface area contributed by atoms with Gasteiger partial charge in [-0.1, -0.05) is 32.4 Å². The average Bonchev–Trinajstić information content (AvgIpc) is 2.81. The van der Waals surface area contributed by atoms with Crippen molar-refractivity contribution >= 4 is 11.6 Å². The highest BCUT2D eigenvalue weighted by molar-refractivity contribution is 6.19. The molecule has 1 heterocycles. The molecule has 1 saturated carbocycles. The minimum absolute atomic E-state index is 0.0665. The first-order chi connectivity index (χ1) is 16.4. The molecule has 1 saturated heterocycles. The molecule has 0 bridgehead atoms. The van der Waals surface area contributed by atoms with Crippen LogP contribution in [0.5, 0.6) is 0 Å². The first-order valence-electron chi connectivity index (χ1n) is 12.7. The second-order valence-corrected chi connectivity index (χ2v) is 11.4. The highest BCUT2D eigenvalue weighted by Crippen LogP contribution is 2.62. The molecule has 8 nitrogen and oxygen atoms in total. The first kappa shape index (κ1) is 26.2. The van der Waals surface area contributed by atoms with Gasteiger partial charge in [0.05, 0.1) is 12.3 Å². The van der Waals surface area contributed by atoms with E-state index in [-0.39, 0.29) is 22.3 Å². The predicted octanol–water partition coefficient (Wildman–Crippen LogP) is 1.53. The standard InChI is InChI=1S/C27H39NO7/c1-14-6-5-7-21-26(14,3)9-8-15(2)27(21,4)12-16-10-19(31)17(11-18(16)30)28-22-24(33)23(32)20(13-29)35-25(22)34/h6,10-11,15,20-25,28-29,32-34H,5,7-9,12-13H2,1-4H3/t15-,20+,21+,22+,23+,24+,25+,26+,27+/m0/s1. The highest BCUT2D eigenvalue weighted by atomic mass is 16.6. The molecule has 4 rings (SSSR count). The van der Waals surface area contributed by atoms with Crippen molar-refractivity contribution in [3.8, 4) is 0 Å². The highest BCUT2D eigenvalue weighted by Gasteiger charge is 2.54. The number of carbonyl (C=O) groups is 2. The molecular formula is C27H39NO7. The number of ether oxygens (including phenoxy) is 1. The Hall–Kier alpha value is -1.84. The maximum Gasteiger partial charge on any atom is 0.202 e. The minimum atomic E-state index is -1.58. The summed E-state index contributed by atoms with van der Waals surface area (Å²) in [6.07, 6.45) is 4.06. The molecule has 0 spiro atoms. The van der Waals surface area contributed by atoms with Gasteiger partial charge in [0, 0.05) is 11.6 Å². The summed E-state index contributed by atoms with van der Waals surface area (Å²) >= 11 is 0. The monoisotopic (exact) mass is 489 g/mol. The van der Waals surface area contributed by atoms with Crippen LogP contribution in [0.2, 0.25) is 0 Å². The molecule has 1 aliphatic heterocycles. The van der Waals surface area contributed by atoms with Gasteiger partial charge in [0.15, 0.2) is 12.1 Å². The van der Waals surface area contributed by atoms with Crippen LogP contribution in [-0.4, -0.2) is 69.2 Å². The number of rotatable bonds is 5. The average molecular weight is 490 g/mol.